The number of aromatic nitrogens is 2. The maximum absolute atomic E-state index is 13.0. The summed E-state index contributed by atoms with van der Waals surface area (Å²) in [5.41, 5.74) is 1.39. The normalized spacial score (nSPS) is 24.9. The Bertz CT molecular complexity index is 681. The second kappa shape index (κ2) is 8.39. The zero-order valence-electron chi connectivity index (χ0n) is 16.6. The molecule has 1 aromatic rings. The van der Waals surface area contributed by atoms with Crippen LogP contribution in [0.15, 0.2) is 6.20 Å². The summed E-state index contributed by atoms with van der Waals surface area (Å²) in [7, 11) is 3.95. The predicted molar refractivity (Wildman–Crippen MR) is 102 cm³/mol. The van der Waals surface area contributed by atoms with Crippen molar-refractivity contribution >= 4 is 11.9 Å². The highest BCUT2D eigenvalue weighted by molar-refractivity contribution is 5.95. The van der Waals surface area contributed by atoms with Gasteiger partial charge in [-0.3, -0.25) is 19.2 Å². The van der Waals surface area contributed by atoms with Crippen molar-refractivity contribution in [2.75, 3.05) is 46.3 Å². The van der Waals surface area contributed by atoms with Crippen molar-refractivity contribution in [1.29, 1.82) is 0 Å². The van der Waals surface area contributed by atoms with E-state index in [1.807, 2.05) is 18.9 Å². The van der Waals surface area contributed by atoms with Gasteiger partial charge in [-0.1, -0.05) is 0 Å². The number of nitrogens with zero attached hydrogens (tertiary/aromatic N) is 5. The second-order valence-electron chi connectivity index (χ2n) is 7.94. The quantitative estimate of drug-likeness (QED) is 0.812. The molecule has 2 aliphatic rings. The van der Waals surface area contributed by atoms with E-state index in [1.165, 1.54) is 0 Å². The minimum absolute atomic E-state index is 0.0118. The molecule has 2 aliphatic heterocycles. The SMILES string of the molecule is Cc1nn(C)cc1C(=O)N1CC[C@H](N2CCN(C)CC2)[C@H](CCC(=O)O)C1. The molecule has 2 atom stereocenters. The first kappa shape index (κ1) is 19.8. The number of carbonyl (C=O) groups is 2. The van der Waals surface area contributed by atoms with Crippen molar-refractivity contribution in [1.82, 2.24) is 24.5 Å². The fourth-order valence-electron chi connectivity index (χ4n) is 4.41. The highest BCUT2D eigenvalue weighted by Crippen LogP contribution is 2.28. The Labute approximate surface area is 160 Å². The molecule has 1 amide bonds. The molecule has 0 spiro atoms. The number of aryl methyl sites for hydroxylation is 2. The molecule has 1 N–H and O–H groups in total. The smallest absolute Gasteiger partial charge is 0.303 e. The topological polar surface area (TPSA) is 81.9 Å². The number of carboxylic acids is 1. The van der Waals surface area contributed by atoms with Crippen LogP contribution in [0.1, 0.15) is 35.3 Å². The molecule has 0 saturated carbocycles. The lowest BCUT2D eigenvalue weighted by atomic mass is 9.86. The standard InChI is InChI=1S/C19H31N5O3/c1-14-16(13-22(3)20-14)19(27)24-7-6-17(15(12-24)4-5-18(25)26)23-10-8-21(2)9-11-23/h13,15,17H,4-12H2,1-3H3,(H,25,26)/t15-,17+/m1/s1. The first-order valence-electron chi connectivity index (χ1n) is 9.79. The van der Waals surface area contributed by atoms with E-state index in [-0.39, 0.29) is 18.2 Å². The van der Waals surface area contributed by atoms with Gasteiger partial charge in [0.1, 0.15) is 0 Å². The first-order valence-corrected chi connectivity index (χ1v) is 9.79. The third-order valence-corrected chi connectivity index (χ3v) is 5.96. The molecule has 3 rings (SSSR count). The molecule has 2 saturated heterocycles. The predicted octanol–water partition coefficient (Wildman–Crippen LogP) is 0.671. The van der Waals surface area contributed by atoms with Gasteiger partial charge < -0.3 is 14.9 Å². The minimum atomic E-state index is -0.765. The highest BCUT2D eigenvalue weighted by Gasteiger charge is 2.36. The first-order chi connectivity index (χ1) is 12.8. The number of piperidine rings is 1. The maximum atomic E-state index is 13.0. The summed E-state index contributed by atoms with van der Waals surface area (Å²) in [5, 5.41) is 13.4. The Balaban J connectivity index is 1.71. The van der Waals surface area contributed by atoms with Gasteiger partial charge in [0.15, 0.2) is 0 Å². The molecule has 8 nitrogen and oxygen atoms in total. The monoisotopic (exact) mass is 377 g/mol. The highest BCUT2D eigenvalue weighted by atomic mass is 16.4. The molecule has 27 heavy (non-hydrogen) atoms. The van der Waals surface area contributed by atoms with E-state index in [0.29, 0.717) is 31.1 Å². The molecule has 0 unspecified atom stereocenters. The van der Waals surface area contributed by atoms with Gasteiger partial charge in [0, 0.05) is 65.0 Å². The van der Waals surface area contributed by atoms with Gasteiger partial charge in [-0.15, -0.1) is 0 Å². The zero-order chi connectivity index (χ0) is 19.6. The summed E-state index contributed by atoms with van der Waals surface area (Å²) in [6.07, 6.45) is 3.44. The Kier molecular flexibility index (Phi) is 6.16. The Morgan fingerprint density at radius 2 is 1.89 bits per heavy atom. The number of hydrogen-bond acceptors (Lipinski definition) is 5. The number of amides is 1. The molecule has 0 aliphatic carbocycles. The average Bonchev–Trinajstić information content (AvgIpc) is 2.98. The lowest BCUT2D eigenvalue weighted by Crippen LogP contribution is -2.57. The molecule has 0 aromatic carbocycles. The lowest BCUT2D eigenvalue weighted by molar-refractivity contribution is -0.137. The van der Waals surface area contributed by atoms with Gasteiger partial charge >= 0.3 is 5.97 Å². The van der Waals surface area contributed by atoms with Gasteiger partial charge in [0.25, 0.3) is 5.91 Å². The number of piperazine rings is 1. The third kappa shape index (κ3) is 4.68. The summed E-state index contributed by atoms with van der Waals surface area (Å²) in [6, 6.07) is 0.358. The van der Waals surface area contributed by atoms with Crippen LogP contribution < -0.4 is 0 Å². The van der Waals surface area contributed by atoms with Gasteiger partial charge in [-0.05, 0) is 32.7 Å². The second-order valence-corrected chi connectivity index (χ2v) is 7.94. The summed E-state index contributed by atoms with van der Waals surface area (Å²) < 4.78 is 1.67. The molecule has 150 valence electrons. The maximum Gasteiger partial charge on any atom is 0.303 e. The van der Waals surface area contributed by atoms with Crippen LogP contribution in [0.25, 0.3) is 0 Å². The van der Waals surface area contributed by atoms with Gasteiger partial charge in [-0.2, -0.15) is 5.10 Å². The van der Waals surface area contributed by atoms with Crippen LogP contribution in [-0.2, 0) is 11.8 Å². The molecular weight excluding hydrogens is 346 g/mol. The van der Waals surface area contributed by atoms with E-state index in [0.717, 1.165) is 38.3 Å². The molecule has 2 fully saturated rings. The van der Waals surface area contributed by atoms with Gasteiger partial charge in [-0.25, -0.2) is 0 Å². The Hall–Kier alpha value is -1.93. The average molecular weight is 377 g/mol. The lowest BCUT2D eigenvalue weighted by Gasteiger charge is -2.46. The summed E-state index contributed by atoms with van der Waals surface area (Å²) in [6.45, 7) is 7.30. The van der Waals surface area contributed by atoms with Crippen LogP contribution in [0, 0.1) is 12.8 Å². The molecule has 1 aromatic heterocycles. The van der Waals surface area contributed by atoms with Crippen molar-refractivity contribution < 1.29 is 14.7 Å². The minimum Gasteiger partial charge on any atom is -0.481 e. The summed E-state index contributed by atoms with van der Waals surface area (Å²) in [4.78, 5) is 30.8. The number of rotatable bonds is 5. The van der Waals surface area contributed by atoms with Crippen LogP contribution in [0.2, 0.25) is 0 Å². The van der Waals surface area contributed by atoms with Crippen molar-refractivity contribution in [2.45, 2.75) is 32.2 Å². The number of carbonyl (C=O) groups excluding carboxylic acids is 1. The van der Waals surface area contributed by atoms with E-state index < -0.39 is 5.97 Å². The number of carboxylic acid groups (broad SMARTS) is 1. The molecular formula is C19H31N5O3. The third-order valence-electron chi connectivity index (χ3n) is 5.96. The fraction of sp³-hybridized carbons (Fsp3) is 0.737. The van der Waals surface area contributed by atoms with Crippen molar-refractivity contribution in [3.63, 3.8) is 0 Å². The van der Waals surface area contributed by atoms with Crippen LogP contribution >= 0.6 is 0 Å². The molecule has 0 bridgehead atoms. The van der Waals surface area contributed by atoms with Crippen LogP contribution in [0.3, 0.4) is 0 Å². The number of aliphatic carboxylic acids is 1. The van der Waals surface area contributed by atoms with E-state index in [2.05, 4.69) is 21.9 Å². The molecule has 0 radical (unpaired) electrons. The van der Waals surface area contributed by atoms with Crippen molar-refractivity contribution in [2.24, 2.45) is 13.0 Å². The largest absolute Gasteiger partial charge is 0.481 e. The number of likely N-dealkylation sites (tertiary alicyclic amines) is 1. The van der Waals surface area contributed by atoms with Crippen molar-refractivity contribution in [3.05, 3.63) is 17.5 Å². The van der Waals surface area contributed by atoms with Crippen LogP contribution in [0.5, 0.6) is 0 Å². The van der Waals surface area contributed by atoms with E-state index in [4.69, 9.17) is 5.11 Å². The van der Waals surface area contributed by atoms with E-state index in [9.17, 15) is 9.59 Å². The van der Waals surface area contributed by atoms with E-state index in [1.54, 1.807) is 10.9 Å². The Morgan fingerprint density at radius 1 is 1.19 bits per heavy atom. The van der Waals surface area contributed by atoms with Gasteiger partial charge in [0.2, 0.25) is 0 Å². The molecule has 3 heterocycles. The van der Waals surface area contributed by atoms with Crippen LogP contribution in [-0.4, -0.2) is 93.8 Å². The number of hydrogen-bond donors (Lipinski definition) is 1. The van der Waals surface area contributed by atoms with E-state index >= 15 is 0 Å². The van der Waals surface area contributed by atoms with Crippen molar-refractivity contribution in [3.8, 4) is 0 Å². The molecule has 8 heteroatoms. The summed E-state index contributed by atoms with van der Waals surface area (Å²) >= 11 is 0. The van der Waals surface area contributed by atoms with Gasteiger partial charge in [0.05, 0.1) is 11.3 Å². The zero-order valence-corrected chi connectivity index (χ0v) is 16.6. The Morgan fingerprint density at radius 3 is 2.48 bits per heavy atom. The van der Waals surface area contributed by atoms with Crippen LogP contribution in [0.4, 0.5) is 0 Å². The summed E-state index contributed by atoms with van der Waals surface area (Å²) in [5.74, 6) is -0.560. The number of likely N-dealkylation sites (N-methyl/N-ethyl adjacent to an activating group) is 1. The fourth-order valence-corrected chi connectivity index (χ4v) is 4.41.